The number of hydrogen-bond donors (Lipinski definition) is 1. The van der Waals surface area contributed by atoms with Crippen LogP contribution in [0.5, 0.6) is 0 Å². The van der Waals surface area contributed by atoms with E-state index in [0.29, 0.717) is 30.4 Å². The molecule has 0 aliphatic rings. The van der Waals surface area contributed by atoms with Crippen LogP contribution in [0, 0.1) is 6.92 Å². The first-order chi connectivity index (χ1) is 9.70. The summed E-state index contributed by atoms with van der Waals surface area (Å²) in [6.45, 7) is 4.46. The van der Waals surface area contributed by atoms with Gasteiger partial charge in [-0.3, -0.25) is 0 Å². The monoisotopic (exact) mass is 271 g/mol. The van der Waals surface area contributed by atoms with E-state index >= 15 is 0 Å². The number of hydrogen-bond acceptors (Lipinski definition) is 5. The number of ether oxygens (including phenoxy) is 1. The van der Waals surface area contributed by atoms with Crippen LogP contribution in [0.3, 0.4) is 0 Å². The maximum absolute atomic E-state index is 11.8. The molecular weight excluding hydrogens is 254 g/mol. The van der Waals surface area contributed by atoms with Gasteiger partial charge in [0, 0.05) is 12.7 Å². The van der Waals surface area contributed by atoms with Crippen LogP contribution in [0.2, 0.25) is 0 Å². The molecule has 0 atom stereocenters. The van der Waals surface area contributed by atoms with Gasteiger partial charge in [-0.05, 0) is 19.4 Å². The highest BCUT2D eigenvalue weighted by Gasteiger charge is 2.14. The van der Waals surface area contributed by atoms with Crippen molar-refractivity contribution in [1.29, 1.82) is 0 Å². The Balaban J connectivity index is 2.17. The van der Waals surface area contributed by atoms with Gasteiger partial charge in [0.2, 0.25) is 0 Å². The van der Waals surface area contributed by atoms with Gasteiger partial charge < -0.3 is 10.1 Å². The van der Waals surface area contributed by atoms with Gasteiger partial charge in [-0.2, -0.15) is 0 Å². The van der Waals surface area contributed by atoms with Gasteiger partial charge in [0.15, 0.2) is 0 Å². The van der Waals surface area contributed by atoms with Gasteiger partial charge in [0.25, 0.3) is 0 Å². The SMILES string of the molecule is CCOC(=O)c1cnc(C)nc1NCc1ccccc1. The fraction of sp³-hybridized carbons (Fsp3) is 0.267. The van der Waals surface area contributed by atoms with Gasteiger partial charge >= 0.3 is 5.97 Å². The van der Waals surface area contributed by atoms with Crippen molar-refractivity contribution in [2.75, 3.05) is 11.9 Å². The molecule has 0 unspecified atom stereocenters. The molecule has 0 aliphatic carbocycles. The highest BCUT2D eigenvalue weighted by Crippen LogP contribution is 2.14. The normalized spacial score (nSPS) is 10.1. The molecule has 0 saturated carbocycles. The third-order valence-electron chi connectivity index (χ3n) is 2.71. The average Bonchev–Trinajstić information content (AvgIpc) is 2.46. The molecule has 0 bridgehead atoms. The van der Waals surface area contributed by atoms with Crippen molar-refractivity contribution in [2.24, 2.45) is 0 Å². The molecule has 1 aromatic heterocycles. The van der Waals surface area contributed by atoms with E-state index in [1.165, 1.54) is 6.20 Å². The van der Waals surface area contributed by atoms with Crippen molar-refractivity contribution in [1.82, 2.24) is 9.97 Å². The number of nitrogens with zero attached hydrogens (tertiary/aromatic N) is 2. The standard InChI is InChI=1S/C15H17N3O2/c1-3-20-15(19)13-10-16-11(2)18-14(13)17-9-12-7-5-4-6-8-12/h4-8,10H,3,9H2,1-2H3,(H,16,17,18). The third kappa shape index (κ3) is 3.54. The lowest BCUT2D eigenvalue weighted by molar-refractivity contribution is 0.0526. The predicted molar refractivity (Wildman–Crippen MR) is 76.5 cm³/mol. The number of nitrogens with one attached hydrogen (secondary N) is 1. The second kappa shape index (κ2) is 6.65. The summed E-state index contributed by atoms with van der Waals surface area (Å²) in [6, 6.07) is 9.90. The zero-order chi connectivity index (χ0) is 14.4. The lowest BCUT2D eigenvalue weighted by Crippen LogP contribution is -2.12. The van der Waals surface area contributed by atoms with Crippen molar-refractivity contribution in [3.63, 3.8) is 0 Å². The molecule has 5 heteroatoms. The Morgan fingerprint density at radius 3 is 2.75 bits per heavy atom. The smallest absolute Gasteiger partial charge is 0.343 e. The number of aryl methyl sites for hydroxylation is 1. The third-order valence-corrected chi connectivity index (χ3v) is 2.71. The molecule has 0 radical (unpaired) electrons. The molecule has 0 aliphatic heterocycles. The zero-order valence-corrected chi connectivity index (χ0v) is 11.6. The Morgan fingerprint density at radius 2 is 2.05 bits per heavy atom. The van der Waals surface area contributed by atoms with Crippen molar-refractivity contribution in [3.8, 4) is 0 Å². The lowest BCUT2D eigenvalue weighted by Gasteiger charge is -2.10. The minimum atomic E-state index is -0.414. The summed E-state index contributed by atoms with van der Waals surface area (Å²) >= 11 is 0. The largest absolute Gasteiger partial charge is 0.462 e. The van der Waals surface area contributed by atoms with Crippen LogP contribution in [0.4, 0.5) is 5.82 Å². The molecule has 1 aromatic carbocycles. The minimum Gasteiger partial charge on any atom is -0.462 e. The average molecular weight is 271 g/mol. The molecule has 1 N–H and O–H groups in total. The van der Waals surface area contributed by atoms with Crippen LogP contribution in [-0.4, -0.2) is 22.5 Å². The fourth-order valence-corrected chi connectivity index (χ4v) is 1.74. The van der Waals surface area contributed by atoms with E-state index in [4.69, 9.17) is 4.74 Å². The Labute approximate surface area is 118 Å². The number of carbonyl (C=O) groups is 1. The molecule has 0 amide bonds. The van der Waals surface area contributed by atoms with Crippen molar-refractivity contribution in [2.45, 2.75) is 20.4 Å². The Morgan fingerprint density at radius 1 is 1.30 bits per heavy atom. The van der Waals surface area contributed by atoms with Gasteiger partial charge in [-0.25, -0.2) is 14.8 Å². The molecular formula is C15H17N3O2. The van der Waals surface area contributed by atoms with E-state index in [1.807, 2.05) is 30.3 Å². The number of esters is 1. The summed E-state index contributed by atoms with van der Waals surface area (Å²) in [5, 5.41) is 3.16. The predicted octanol–water partition coefficient (Wildman–Crippen LogP) is 2.57. The number of benzene rings is 1. The van der Waals surface area contributed by atoms with Crippen LogP contribution >= 0.6 is 0 Å². The van der Waals surface area contributed by atoms with Gasteiger partial charge in [-0.15, -0.1) is 0 Å². The van der Waals surface area contributed by atoms with Crippen LogP contribution in [0.1, 0.15) is 28.7 Å². The van der Waals surface area contributed by atoms with Crippen LogP contribution in [0.25, 0.3) is 0 Å². The lowest BCUT2D eigenvalue weighted by atomic mass is 10.2. The van der Waals surface area contributed by atoms with Crippen LogP contribution < -0.4 is 5.32 Å². The van der Waals surface area contributed by atoms with Gasteiger partial charge in [-0.1, -0.05) is 30.3 Å². The van der Waals surface area contributed by atoms with Crippen LogP contribution in [0.15, 0.2) is 36.5 Å². The number of carbonyl (C=O) groups excluding carboxylic acids is 1. The number of aromatic nitrogens is 2. The van der Waals surface area contributed by atoms with E-state index in [0.717, 1.165) is 5.56 Å². The number of anilines is 1. The van der Waals surface area contributed by atoms with E-state index in [2.05, 4.69) is 15.3 Å². The van der Waals surface area contributed by atoms with E-state index in [9.17, 15) is 4.79 Å². The van der Waals surface area contributed by atoms with E-state index in [1.54, 1.807) is 13.8 Å². The molecule has 0 spiro atoms. The summed E-state index contributed by atoms with van der Waals surface area (Å²) < 4.78 is 5.00. The molecule has 2 aromatic rings. The quantitative estimate of drug-likeness (QED) is 0.847. The Hall–Kier alpha value is -2.43. The van der Waals surface area contributed by atoms with Gasteiger partial charge in [0.05, 0.1) is 6.61 Å². The summed E-state index contributed by atoms with van der Waals surface area (Å²) in [4.78, 5) is 20.2. The Bertz CT molecular complexity index is 585. The highest BCUT2D eigenvalue weighted by molar-refractivity contribution is 5.94. The second-order valence-corrected chi connectivity index (χ2v) is 4.24. The first-order valence-corrected chi connectivity index (χ1v) is 6.49. The van der Waals surface area contributed by atoms with Crippen LogP contribution in [-0.2, 0) is 11.3 Å². The zero-order valence-electron chi connectivity index (χ0n) is 11.6. The van der Waals surface area contributed by atoms with Gasteiger partial charge in [0.1, 0.15) is 17.2 Å². The maximum Gasteiger partial charge on any atom is 0.343 e. The molecule has 5 nitrogen and oxygen atoms in total. The van der Waals surface area contributed by atoms with Crippen molar-refractivity contribution in [3.05, 3.63) is 53.5 Å². The highest BCUT2D eigenvalue weighted by atomic mass is 16.5. The first kappa shape index (κ1) is 14.0. The first-order valence-electron chi connectivity index (χ1n) is 6.49. The van der Waals surface area contributed by atoms with E-state index in [-0.39, 0.29) is 0 Å². The molecule has 2 rings (SSSR count). The summed E-state index contributed by atoms with van der Waals surface area (Å²) in [7, 11) is 0. The topological polar surface area (TPSA) is 64.1 Å². The fourth-order valence-electron chi connectivity index (χ4n) is 1.74. The minimum absolute atomic E-state index is 0.324. The van der Waals surface area contributed by atoms with Crippen molar-refractivity contribution < 1.29 is 9.53 Å². The van der Waals surface area contributed by atoms with Crippen molar-refractivity contribution >= 4 is 11.8 Å². The number of rotatable bonds is 5. The maximum atomic E-state index is 11.8. The molecule has 104 valence electrons. The summed E-state index contributed by atoms with van der Waals surface area (Å²) in [5.74, 6) is 0.691. The molecule has 0 saturated heterocycles. The van der Waals surface area contributed by atoms with E-state index < -0.39 is 5.97 Å². The summed E-state index contributed by atoms with van der Waals surface area (Å²) in [5.41, 5.74) is 1.46. The molecule has 20 heavy (non-hydrogen) atoms. The second-order valence-electron chi connectivity index (χ2n) is 4.24. The molecule has 0 fully saturated rings. The summed E-state index contributed by atoms with van der Waals surface area (Å²) in [6.07, 6.45) is 1.49. The molecule has 1 heterocycles. The Kier molecular flexibility index (Phi) is 4.65.